The van der Waals surface area contributed by atoms with E-state index in [2.05, 4.69) is 4.98 Å². The quantitative estimate of drug-likeness (QED) is 0.775. The molecule has 2 amide bonds. The summed E-state index contributed by atoms with van der Waals surface area (Å²) in [7, 11) is 0. The van der Waals surface area contributed by atoms with Crippen LogP contribution in [0.3, 0.4) is 0 Å². The number of aryl methyl sites for hydroxylation is 1. The number of carbonyl (C=O) groups excluding carboxylic acids is 2. The molecule has 0 atom stereocenters. The lowest BCUT2D eigenvalue weighted by atomic mass is 10.1. The smallest absolute Gasteiger partial charge is 0.423 e. The van der Waals surface area contributed by atoms with Crippen molar-refractivity contribution in [2.75, 3.05) is 4.90 Å². The highest BCUT2D eigenvalue weighted by Gasteiger charge is 2.34. The minimum absolute atomic E-state index is 0.0113. The van der Waals surface area contributed by atoms with Crippen LogP contribution in [0, 0.1) is 0 Å². The number of ether oxygens (including phenoxy) is 1. The number of imide groups is 1. The van der Waals surface area contributed by atoms with Crippen LogP contribution < -0.4 is 4.90 Å². The zero-order valence-corrected chi connectivity index (χ0v) is 11.1. The normalized spacial score (nSPS) is 15.1. The fourth-order valence-electron chi connectivity index (χ4n) is 1.84. The standard InChI is InChI=1S/C13H16N2O4/c1-13(2,3)19-12(18)15-10(17)5-4-8-6-9(16)7-14-11(8)15/h6-7,16H,4-5H2,1-3H3. The molecule has 0 spiro atoms. The molecule has 0 saturated heterocycles. The number of fused-ring (bicyclic) bond motifs is 1. The molecular formula is C13H16N2O4. The highest BCUT2D eigenvalue weighted by atomic mass is 16.6. The van der Waals surface area contributed by atoms with E-state index in [4.69, 9.17) is 4.74 Å². The van der Waals surface area contributed by atoms with Crippen LogP contribution in [0.25, 0.3) is 0 Å². The summed E-state index contributed by atoms with van der Waals surface area (Å²) in [4.78, 5) is 28.8. The van der Waals surface area contributed by atoms with Gasteiger partial charge in [-0.2, -0.15) is 4.90 Å². The van der Waals surface area contributed by atoms with Gasteiger partial charge in [0.25, 0.3) is 0 Å². The number of carbonyl (C=O) groups is 2. The van der Waals surface area contributed by atoms with Crippen LogP contribution in [-0.4, -0.2) is 27.7 Å². The van der Waals surface area contributed by atoms with Gasteiger partial charge in [0.05, 0.1) is 6.20 Å². The van der Waals surface area contributed by atoms with Crippen LogP contribution in [0.4, 0.5) is 10.6 Å². The van der Waals surface area contributed by atoms with Crippen molar-refractivity contribution >= 4 is 17.8 Å². The van der Waals surface area contributed by atoms with Gasteiger partial charge in [0.1, 0.15) is 17.2 Å². The fraction of sp³-hybridized carbons (Fsp3) is 0.462. The highest BCUT2D eigenvalue weighted by molar-refractivity contribution is 6.13. The predicted molar refractivity (Wildman–Crippen MR) is 67.9 cm³/mol. The van der Waals surface area contributed by atoms with Crippen molar-refractivity contribution in [3.8, 4) is 5.75 Å². The molecule has 1 aromatic rings. The first kappa shape index (κ1) is 13.3. The van der Waals surface area contributed by atoms with Crippen LogP contribution in [0.2, 0.25) is 0 Å². The largest absolute Gasteiger partial charge is 0.506 e. The van der Waals surface area contributed by atoms with E-state index in [1.165, 1.54) is 12.3 Å². The molecule has 0 fully saturated rings. The molecule has 0 unspecified atom stereocenters. The molecular weight excluding hydrogens is 248 g/mol. The zero-order valence-electron chi connectivity index (χ0n) is 11.1. The lowest BCUT2D eigenvalue weighted by Gasteiger charge is -2.29. The van der Waals surface area contributed by atoms with Gasteiger partial charge in [-0.25, -0.2) is 9.78 Å². The molecule has 1 N–H and O–H groups in total. The second kappa shape index (κ2) is 4.53. The van der Waals surface area contributed by atoms with E-state index in [0.717, 1.165) is 4.90 Å². The Balaban J connectivity index is 2.35. The van der Waals surface area contributed by atoms with Crippen molar-refractivity contribution in [1.29, 1.82) is 0 Å². The number of aromatic hydroxyl groups is 1. The minimum Gasteiger partial charge on any atom is -0.506 e. The lowest BCUT2D eigenvalue weighted by molar-refractivity contribution is -0.118. The van der Waals surface area contributed by atoms with Crippen molar-refractivity contribution in [3.63, 3.8) is 0 Å². The Hall–Kier alpha value is -2.11. The van der Waals surface area contributed by atoms with Crippen LogP contribution in [0.1, 0.15) is 32.8 Å². The Morgan fingerprint density at radius 2 is 2.11 bits per heavy atom. The summed E-state index contributed by atoms with van der Waals surface area (Å²) in [5, 5.41) is 9.38. The molecule has 6 heteroatoms. The molecule has 1 aliphatic heterocycles. The predicted octanol–water partition coefficient (Wildman–Crippen LogP) is 2.00. The molecule has 0 aromatic carbocycles. The maximum absolute atomic E-state index is 12.1. The van der Waals surface area contributed by atoms with Gasteiger partial charge >= 0.3 is 6.09 Å². The third-order valence-corrected chi connectivity index (χ3v) is 2.57. The second-order valence-electron chi connectivity index (χ2n) is 5.39. The van der Waals surface area contributed by atoms with Crippen molar-refractivity contribution < 1.29 is 19.4 Å². The van der Waals surface area contributed by atoms with Crippen LogP contribution in [0.15, 0.2) is 12.3 Å². The molecule has 0 radical (unpaired) electrons. The van der Waals surface area contributed by atoms with E-state index in [1.807, 2.05) is 0 Å². The summed E-state index contributed by atoms with van der Waals surface area (Å²) in [6, 6.07) is 1.51. The summed E-state index contributed by atoms with van der Waals surface area (Å²) in [5.41, 5.74) is -0.0308. The molecule has 2 heterocycles. The third-order valence-electron chi connectivity index (χ3n) is 2.57. The monoisotopic (exact) mass is 264 g/mol. The first-order valence-corrected chi connectivity index (χ1v) is 6.02. The highest BCUT2D eigenvalue weighted by Crippen LogP contribution is 2.29. The molecule has 19 heavy (non-hydrogen) atoms. The maximum Gasteiger partial charge on any atom is 0.423 e. The Morgan fingerprint density at radius 1 is 1.42 bits per heavy atom. The topological polar surface area (TPSA) is 79.7 Å². The zero-order chi connectivity index (χ0) is 14.2. The Labute approximate surface area is 111 Å². The Bertz CT molecular complexity index is 534. The third kappa shape index (κ3) is 2.83. The lowest BCUT2D eigenvalue weighted by Crippen LogP contribution is -2.44. The molecule has 0 saturated carbocycles. The van der Waals surface area contributed by atoms with E-state index >= 15 is 0 Å². The Morgan fingerprint density at radius 3 is 2.74 bits per heavy atom. The average molecular weight is 264 g/mol. The summed E-state index contributed by atoms with van der Waals surface area (Å²) >= 11 is 0. The molecule has 1 aliphatic rings. The first-order chi connectivity index (χ1) is 8.78. The molecule has 102 valence electrons. The number of amides is 2. The van der Waals surface area contributed by atoms with Gasteiger partial charge < -0.3 is 9.84 Å². The summed E-state index contributed by atoms with van der Waals surface area (Å²) in [6.45, 7) is 5.18. The van der Waals surface area contributed by atoms with Gasteiger partial charge in [-0.1, -0.05) is 0 Å². The van der Waals surface area contributed by atoms with Crippen molar-refractivity contribution in [1.82, 2.24) is 4.98 Å². The van der Waals surface area contributed by atoms with Gasteiger partial charge in [0.15, 0.2) is 0 Å². The van der Waals surface area contributed by atoms with Gasteiger partial charge in [-0.3, -0.25) is 4.79 Å². The molecule has 6 nitrogen and oxygen atoms in total. The van der Waals surface area contributed by atoms with E-state index in [9.17, 15) is 14.7 Å². The van der Waals surface area contributed by atoms with Gasteiger partial charge in [-0.05, 0) is 38.8 Å². The average Bonchev–Trinajstić information content (AvgIpc) is 2.26. The molecule has 2 rings (SSSR count). The van der Waals surface area contributed by atoms with Crippen LogP contribution in [0.5, 0.6) is 5.75 Å². The summed E-state index contributed by atoms with van der Waals surface area (Å²) in [5.74, 6) is -0.0968. The Kier molecular flexibility index (Phi) is 3.18. The van der Waals surface area contributed by atoms with Crippen molar-refractivity contribution in [2.45, 2.75) is 39.2 Å². The van der Waals surface area contributed by atoms with E-state index in [1.54, 1.807) is 20.8 Å². The second-order valence-corrected chi connectivity index (χ2v) is 5.39. The van der Waals surface area contributed by atoms with Crippen LogP contribution >= 0.6 is 0 Å². The number of nitrogens with zero attached hydrogens (tertiary/aromatic N) is 2. The molecule has 0 bridgehead atoms. The summed E-state index contributed by atoms with van der Waals surface area (Å²) in [6.07, 6.45) is 1.11. The molecule has 1 aromatic heterocycles. The van der Waals surface area contributed by atoms with Gasteiger partial charge in [0.2, 0.25) is 5.91 Å². The fourth-order valence-corrected chi connectivity index (χ4v) is 1.84. The summed E-state index contributed by atoms with van der Waals surface area (Å²) < 4.78 is 5.20. The maximum atomic E-state index is 12.1. The number of hydrogen-bond acceptors (Lipinski definition) is 5. The minimum atomic E-state index is -0.739. The van der Waals surface area contributed by atoms with Gasteiger partial charge in [0, 0.05) is 6.42 Å². The van der Waals surface area contributed by atoms with Crippen molar-refractivity contribution in [2.24, 2.45) is 0 Å². The number of aromatic nitrogens is 1. The number of rotatable bonds is 0. The van der Waals surface area contributed by atoms with Crippen molar-refractivity contribution in [3.05, 3.63) is 17.8 Å². The van der Waals surface area contributed by atoms with Crippen LogP contribution in [-0.2, 0) is 16.0 Å². The SMILES string of the molecule is CC(C)(C)OC(=O)N1C(=O)CCc2cc(O)cnc21. The number of anilines is 1. The number of pyridine rings is 1. The van der Waals surface area contributed by atoms with E-state index < -0.39 is 11.7 Å². The number of hydrogen-bond donors (Lipinski definition) is 1. The van der Waals surface area contributed by atoms with E-state index in [0.29, 0.717) is 12.0 Å². The molecule has 0 aliphatic carbocycles. The van der Waals surface area contributed by atoms with Gasteiger partial charge in [-0.15, -0.1) is 0 Å². The van der Waals surface area contributed by atoms with E-state index in [-0.39, 0.29) is 23.9 Å². The first-order valence-electron chi connectivity index (χ1n) is 6.02.